The summed E-state index contributed by atoms with van der Waals surface area (Å²) < 4.78 is 41.8. The third-order valence-corrected chi connectivity index (χ3v) is 4.17. The first-order valence-corrected chi connectivity index (χ1v) is 7.79. The van der Waals surface area contributed by atoms with E-state index in [2.05, 4.69) is 4.98 Å². The van der Waals surface area contributed by atoms with Crippen LogP contribution < -0.4 is 11.5 Å². The van der Waals surface area contributed by atoms with E-state index in [0.29, 0.717) is 39.3 Å². The minimum atomic E-state index is -0.975. The molecule has 0 bridgehead atoms. The van der Waals surface area contributed by atoms with E-state index in [1.54, 1.807) is 30.7 Å². The molecule has 134 valence electrons. The number of nitrogens with zero attached hydrogens (tertiary/aromatic N) is 2. The maximum Gasteiger partial charge on any atom is 0.161 e. The highest BCUT2D eigenvalue weighted by atomic mass is 19.2. The topological polar surface area (TPSA) is 69.9 Å². The van der Waals surface area contributed by atoms with Crippen LogP contribution in [-0.4, -0.2) is 9.55 Å². The Labute approximate surface area is 148 Å². The number of fused-ring (bicyclic) bond motifs is 1. The van der Waals surface area contributed by atoms with Gasteiger partial charge in [0.05, 0.1) is 11.0 Å². The van der Waals surface area contributed by atoms with E-state index in [1.165, 1.54) is 18.3 Å². The Kier molecular flexibility index (Phi) is 4.46. The van der Waals surface area contributed by atoms with E-state index in [0.717, 1.165) is 12.1 Å². The lowest BCUT2D eigenvalue weighted by atomic mass is 10.0. The number of allylic oxidation sites excluding steroid dienone is 2. The van der Waals surface area contributed by atoms with Crippen LogP contribution in [0.3, 0.4) is 0 Å². The van der Waals surface area contributed by atoms with Crippen LogP contribution in [0.4, 0.5) is 13.2 Å². The molecule has 0 amide bonds. The predicted molar refractivity (Wildman–Crippen MR) is 96.1 cm³/mol. The minimum Gasteiger partial charge on any atom is -0.404 e. The van der Waals surface area contributed by atoms with Crippen molar-refractivity contribution >= 4 is 22.3 Å². The van der Waals surface area contributed by atoms with Crippen molar-refractivity contribution in [3.63, 3.8) is 0 Å². The number of aromatic nitrogens is 2. The summed E-state index contributed by atoms with van der Waals surface area (Å²) in [7, 11) is 1.67. The first-order valence-electron chi connectivity index (χ1n) is 7.79. The van der Waals surface area contributed by atoms with Gasteiger partial charge in [-0.2, -0.15) is 0 Å². The molecule has 0 atom stereocenters. The van der Waals surface area contributed by atoms with Crippen LogP contribution in [0.15, 0.2) is 42.6 Å². The van der Waals surface area contributed by atoms with Gasteiger partial charge in [0, 0.05) is 42.2 Å². The fourth-order valence-electron chi connectivity index (χ4n) is 2.83. The van der Waals surface area contributed by atoms with Crippen molar-refractivity contribution in [3.05, 3.63) is 77.0 Å². The molecular formula is C19H17F3N4. The molecule has 4 N–H and O–H groups in total. The smallest absolute Gasteiger partial charge is 0.161 e. The summed E-state index contributed by atoms with van der Waals surface area (Å²) in [5, 5.41) is 0. The van der Waals surface area contributed by atoms with E-state index in [9.17, 15) is 13.2 Å². The molecule has 0 radical (unpaired) electrons. The van der Waals surface area contributed by atoms with Gasteiger partial charge in [-0.15, -0.1) is 0 Å². The van der Waals surface area contributed by atoms with Gasteiger partial charge in [0.15, 0.2) is 11.6 Å². The lowest BCUT2D eigenvalue weighted by Crippen LogP contribution is -2.03. The van der Waals surface area contributed by atoms with E-state index < -0.39 is 11.6 Å². The monoisotopic (exact) mass is 358 g/mol. The van der Waals surface area contributed by atoms with Crippen molar-refractivity contribution in [1.82, 2.24) is 9.55 Å². The molecule has 3 rings (SSSR count). The van der Waals surface area contributed by atoms with Gasteiger partial charge < -0.3 is 16.0 Å². The molecule has 0 saturated carbocycles. The number of hydrogen-bond acceptors (Lipinski definition) is 3. The Balaban J connectivity index is 2.09. The third-order valence-electron chi connectivity index (χ3n) is 4.17. The summed E-state index contributed by atoms with van der Waals surface area (Å²) >= 11 is 0. The molecule has 0 aliphatic carbocycles. The fourth-order valence-corrected chi connectivity index (χ4v) is 2.83. The molecule has 1 heterocycles. The van der Waals surface area contributed by atoms with Crippen LogP contribution in [0.1, 0.15) is 17.0 Å². The van der Waals surface area contributed by atoms with Crippen molar-refractivity contribution in [2.24, 2.45) is 18.5 Å². The largest absolute Gasteiger partial charge is 0.404 e. The van der Waals surface area contributed by atoms with E-state index in [-0.39, 0.29) is 5.82 Å². The zero-order chi connectivity index (χ0) is 19.0. The van der Waals surface area contributed by atoms with E-state index in [4.69, 9.17) is 11.5 Å². The molecule has 1 aromatic heterocycles. The Morgan fingerprint density at radius 3 is 2.46 bits per heavy atom. The normalized spacial score (nSPS) is 12.8. The third kappa shape index (κ3) is 3.03. The van der Waals surface area contributed by atoms with Gasteiger partial charge >= 0.3 is 0 Å². The summed E-state index contributed by atoms with van der Waals surface area (Å²) in [4.78, 5) is 4.32. The average molecular weight is 358 g/mol. The van der Waals surface area contributed by atoms with Gasteiger partial charge in [-0.1, -0.05) is 0 Å². The molecule has 0 saturated heterocycles. The van der Waals surface area contributed by atoms with Crippen LogP contribution in [0.2, 0.25) is 0 Å². The Hall–Kier alpha value is -3.22. The highest BCUT2D eigenvalue weighted by Crippen LogP contribution is 2.25. The fraction of sp³-hybridized carbons (Fsp3) is 0.105. The summed E-state index contributed by atoms with van der Waals surface area (Å²) in [5.74, 6) is -1.89. The van der Waals surface area contributed by atoms with Gasteiger partial charge in [-0.25, -0.2) is 18.2 Å². The van der Waals surface area contributed by atoms with Crippen molar-refractivity contribution < 1.29 is 13.2 Å². The highest BCUT2D eigenvalue weighted by molar-refractivity contribution is 5.86. The Morgan fingerprint density at radius 2 is 1.81 bits per heavy atom. The van der Waals surface area contributed by atoms with Crippen LogP contribution in [0.5, 0.6) is 0 Å². The van der Waals surface area contributed by atoms with Crippen molar-refractivity contribution in [2.45, 2.75) is 6.92 Å². The number of aryl methyl sites for hydroxylation is 2. The molecule has 4 nitrogen and oxygen atoms in total. The van der Waals surface area contributed by atoms with Crippen LogP contribution in [0.25, 0.3) is 22.3 Å². The molecule has 0 aliphatic heterocycles. The SMILES string of the molecule is Cc1cc(F)ccc1/C(N)=C/C(=C\N)c1nc2cc(F)c(F)cc2n1C. The second-order valence-electron chi connectivity index (χ2n) is 5.93. The molecule has 2 aromatic carbocycles. The van der Waals surface area contributed by atoms with Gasteiger partial charge in [0.25, 0.3) is 0 Å². The first-order chi connectivity index (χ1) is 12.3. The molecule has 0 unspecified atom stereocenters. The lowest BCUT2D eigenvalue weighted by Gasteiger charge is -2.08. The number of hydrogen-bond donors (Lipinski definition) is 2. The quantitative estimate of drug-likeness (QED) is 0.703. The average Bonchev–Trinajstić information content (AvgIpc) is 2.89. The number of rotatable bonds is 3. The van der Waals surface area contributed by atoms with Gasteiger partial charge in [0.2, 0.25) is 0 Å². The second-order valence-corrected chi connectivity index (χ2v) is 5.93. The molecule has 3 aromatic rings. The van der Waals surface area contributed by atoms with Crippen LogP contribution in [0, 0.1) is 24.4 Å². The predicted octanol–water partition coefficient (Wildman–Crippen LogP) is 3.60. The summed E-state index contributed by atoms with van der Waals surface area (Å²) in [6, 6.07) is 6.37. The molecule has 0 fully saturated rings. The molecule has 0 spiro atoms. The van der Waals surface area contributed by atoms with Crippen LogP contribution >= 0.6 is 0 Å². The zero-order valence-corrected chi connectivity index (χ0v) is 14.2. The van der Waals surface area contributed by atoms with E-state index in [1.807, 2.05) is 0 Å². The summed E-state index contributed by atoms with van der Waals surface area (Å²) in [6.07, 6.45) is 2.90. The number of halogens is 3. The zero-order valence-electron chi connectivity index (χ0n) is 14.2. The molecule has 7 heteroatoms. The van der Waals surface area contributed by atoms with Crippen molar-refractivity contribution in [3.8, 4) is 0 Å². The van der Waals surface area contributed by atoms with Gasteiger partial charge in [-0.05, 0) is 36.8 Å². The summed E-state index contributed by atoms with van der Waals surface area (Å²) in [5.41, 5.74) is 14.7. The summed E-state index contributed by atoms with van der Waals surface area (Å²) in [6.45, 7) is 1.74. The van der Waals surface area contributed by atoms with Gasteiger partial charge in [0.1, 0.15) is 11.6 Å². The molecule has 26 heavy (non-hydrogen) atoms. The lowest BCUT2D eigenvalue weighted by molar-refractivity contribution is 0.510. The number of imidazole rings is 1. The van der Waals surface area contributed by atoms with Gasteiger partial charge in [-0.3, -0.25) is 0 Å². The standard InChI is InChI=1S/C19H17F3N4/c1-10-5-12(20)3-4-13(10)16(24)6-11(9-23)19-25-17-7-14(21)15(22)8-18(17)26(19)2/h3-9H,23-24H2,1-2H3/b11-9+,16-6-. The van der Waals surface area contributed by atoms with Crippen molar-refractivity contribution in [2.75, 3.05) is 0 Å². The second kappa shape index (κ2) is 6.59. The Morgan fingerprint density at radius 1 is 1.12 bits per heavy atom. The number of nitrogens with two attached hydrogens (primary N) is 2. The maximum atomic E-state index is 13.5. The van der Waals surface area contributed by atoms with E-state index >= 15 is 0 Å². The van der Waals surface area contributed by atoms with Crippen LogP contribution in [-0.2, 0) is 7.05 Å². The molecular weight excluding hydrogens is 341 g/mol. The molecule has 0 aliphatic rings. The maximum absolute atomic E-state index is 13.5. The van der Waals surface area contributed by atoms with Crippen molar-refractivity contribution in [1.29, 1.82) is 0 Å². The highest BCUT2D eigenvalue weighted by Gasteiger charge is 2.15. The first kappa shape index (κ1) is 17.6. The number of benzene rings is 2. The minimum absolute atomic E-state index is 0.297. The Bertz CT molecular complexity index is 1060.